The Labute approximate surface area is 174 Å². The first-order valence-electron chi connectivity index (χ1n) is 9.57. The molecular formula is C21H30N2O4S2. The number of sulfonamides is 2. The summed E-state index contributed by atoms with van der Waals surface area (Å²) in [7, 11) is -7.73. The van der Waals surface area contributed by atoms with Crippen molar-refractivity contribution in [2.75, 3.05) is 4.72 Å². The van der Waals surface area contributed by atoms with Gasteiger partial charge >= 0.3 is 0 Å². The Balaban J connectivity index is 2.61. The maximum atomic E-state index is 13.4. The van der Waals surface area contributed by atoms with E-state index in [-0.39, 0.29) is 28.3 Å². The number of anilines is 1. The molecule has 0 aromatic heterocycles. The van der Waals surface area contributed by atoms with E-state index in [1.54, 1.807) is 0 Å². The Morgan fingerprint density at radius 3 is 1.55 bits per heavy atom. The largest absolute Gasteiger partial charge is 0.280 e. The first-order chi connectivity index (χ1) is 13.2. The molecular weight excluding hydrogens is 408 g/mol. The number of rotatable bonds is 7. The lowest BCUT2D eigenvalue weighted by Gasteiger charge is -2.23. The van der Waals surface area contributed by atoms with Crippen molar-refractivity contribution in [3.05, 3.63) is 53.1 Å². The molecule has 0 spiro atoms. The van der Waals surface area contributed by atoms with Gasteiger partial charge in [0.05, 0.1) is 9.79 Å². The maximum absolute atomic E-state index is 13.4. The molecule has 0 fully saturated rings. The smallest absolute Gasteiger partial charge is 0.262 e. The number of primary sulfonamides is 1. The second-order valence-corrected chi connectivity index (χ2v) is 11.3. The average Bonchev–Trinajstić information content (AvgIpc) is 2.59. The molecule has 0 saturated heterocycles. The van der Waals surface area contributed by atoms with Crippen molar-refractivity contribution in [3.63, 3.8) is 0 Å². The van der Waals surface area contributed by atoms with E-state index in [4.69, 9.17) is 5.14 Å². The Kier molecular flexibility index (Phi) is 6.82. The van der Waals surface area contributed by atoms with Crippen LogP contribution in [0.15, 0.2) is 46.2 Å². The van der Waals surface area contributed by atoms with E-state index in [0.717, 1.165) is 16.7 Å². The zero-order valence-electron chi connectivity index (χ0n) is 17.7. The van der Waals surface area contributed by atoms with Gasteiger partial charge in [-0.2, -0.15) is 0 Å². The zero-order valence-corrected chi connectivity index (χ0v) is 19.4. The molecule has 0 saturated carbocycles. The van der Waals surface area contributed by atoms with E-state index in [1.165, 1.54) is 24.3 Å². The molecule has 2 aromatic carbocycles. The van der Waals surface area contributed by atoms with Crippen LogP contribution in [0.5, 0.6) is 0 Å². The molecule has 0 radical (unpaired) electrons. The molecule has 0 aliphatic carbocycles. The van der Waals surface area contributed by atoms with Crippen LogP contribution in [-0.2, 0) is 20.0 Å². The Hall–Kier alpha value is -1.90. The maximum Gasteiger partial charge on any atom is 0.262 e. The van der Waals surface area contributed by atoms with Crippen LogP contribution in [0.25, 0.3) is 0 Å². The Bertz CT molecular complexity index is 1060. The van der Waals surface area contributed by atoms with Crippen LogP contribution in [0, 0.1) is 0 Å². The summed E-state index contributed by atoms with van der Waals surface area (Å²) in [6.45, 7) is 12.1. The van der Waals surface area contributed by atoms with Gasteiger partial charge in [0.25, 0.3) is 10.0 Å². The highest BCUT2D eigenvalue weighted by Crippen LogP contribution is 2.36. The molecule has 3 N–H and O–H groups in total. The lowest BCUT2D eigenvalue weighted by atomic mass is 9.89. The van der Waals surface area contributed by atoms with Crippen molar-refractivity contribution in [2.45, 2.75) is 69.1 Å². The highest BCUT2D eigenvalue weighted by Gasteiger charge is 2.27. The van der Waals surface area contributed by atoms with Gasteiger partial charge in [0.2, 0.25) is 10.0 Å². The lowest BCUT2D eigenvalue weighted by molar-refractivity contribution is 0.595. The van der Waals surface area contributed by atoms with Gasteiger partial charge in [0, 0.05) is 5.69 Å². The summed E-state index contributed by atoms with van der Waals surface area (Å²) < 4.78 is 52.1. The predicted octanol–water partition coefficient (Wildman–Crippen LogP) is 4.51. The van der Waals surface area contributed by atoms with Crippen LogP contribution in [0.3, 0.4) is 0 Å². The minimum atomic E-state index is -3.89. The van der Waals surface area contributed by atoms with Crippen molar-refractivity contribution in [1.29, 1.82) is 0 Å². The highest BCUT2D eigenvalue weighted by atomic mass is 32.2. The normalized spacial score (nSPS) is 12.8. The molecule has 6 nitrogen and oxygen atoms in total. The second kappa shape index (κ2) is 8.45. The molecule has 0 amide bonds. The van der Waals surface area contributed by atoms with Gasteiger partial charge in [-0.1, -0.05) is 53.7 Å². The Morgan fingerprint density at radius 2 is 1.21 bits per heavy atom. The number of hydrogen-bond acceptors (Lipinski definition) is 4. The third-order valence-electron chi connectivity index (χ3n) is 4.78. The standard InChI is InChI=1S/C21H30N2O4S2/c1-13(2)16-11-19(14(3)4)21(20(12-16)15(5)6)29(26,27)23-17-7-9-18(10-8-17)28(22,24)25/h7-15,23H,1-6H3,(H2,22,24,25). The van der Waals surface area contributed by atoms with E-state index in [0.29, 0.717) is 4.90 Å². The molecule has 160 valence electrons. The number of nitrogens with two attached hydrogens (primary N) is 1. The SMILES string of the molecule is CC(C)c1cc(C(C)C)c(S(=O)(=O)Nc2ccc(S(N)(=O)=O)cc2)c(C(C)C)c1. The van der Waals surface area contributed by atoms with Gasteiger partial charge in [-0.25, -0.2) is 22.0 Å². The van der Waals surface area contributed by atoms with Gasteiger partial charge in [0.1, 0.15) is 0 Å². The van der Waals surface area contributed by atoms with E-state index in [1.807, 2.05) is 39.8 Å². The fourth-order valence-corrected chi connectivity index (χ4v) is 5.39. The van der Waals surface area contributed by atoms with Gasteiger partial charge < -0.3 is 0 Å². The summed E-state index contributed by atoms with van der Waals surface area (Å²) >= 11 is 0. The van der Waals surface area contributed by atoms with Crippen LogP contribution in [0.4, 0.5) is 5.69 Å². The molecule has 2 aromatic rings. The molecule has 0 aliphatic heterocycles. The topological polar surface area (TPSA) is 106 Å². The molecule has 2 rings (SSSR count). The van der Waals surface area contributed by atoms with Crippen LogP contribution in [0.1, 0.15) is 76.0 Å². The van der Waals surface area contributed by atoms with E-state index in [9.17, 15) is 16.8 Å². The van der Waals surface area contributed by atoms with Crippen LogP contribution in [0.2, 0.25) is 0 Å². The van der Waals surface area contributed by atoms with E-state index < -0.39 is 20.0 Å². The third kappa shape index (κ3) is 5.38. The van der Waals surface area contributed by atoms with Gasteiger partial charge in [-0.15, -0.1) is 0 Å². The summed E-state index contributed by atoms with van der Waals surface area (Å²) in [5.74, 6) is 0.311. The molecule has 0 aliphatic rings. The summed E-state index contributed by atoms with van der Waals surface area (Å²) in [5, 5.41) is 5.10. The van der Waals surface area contributed by atoms with Crippen molar-refractivity contribution in [3.8, 4) is 0 Å². The average molecular weight is 439 g/mol. The zero-order chi connectivity index (χ0) is 22.1. The summed E-state index contributed by atoms with van der Waals surface area (Å²) in [4.78, 5) is 0.217. The fraction of sp³-hybridized carbons (Fsp3) is 0.429. The fourth-order valence-electron chi connectivity index (χ4n) is 3.12. The number of nitrogens with one attached hydrogen (secondary N) is 1. The van der Waals surface area contributed by atoms with E-state index >= 15 is 0 Å². The Morgan fingerprint density at radius 1 is 0.759 bits per heavy atom. The highest BCUT2D eigenvalue weighted by molar-refractivity contribution is 7.92. The van der Waals surface area contributed by atoms with Crippen molar-refractivity contribution in [1.82, 2.24) is 0 Å². The number of benzene rings is 2. The summed E-state index contributed by atoms with van der Waals surface area (Å²) in [6.07, 6.45) is 0. The van der Waals surface area contributed by atoms with E-state index in [2.05, 4.69) is 18.6 Å². The van der Waals surface area contributed by atoms with Crippen molar-refractivity contribution in [2.24, 2.45) is 5.14 Å². The first-order valence-corrected chi connectivity index (χ1v) is 12.6. The minimum Gasteiger partial charge on any atom is -0.280 e. The molecule has 0 bridgehead atoms. The van der Waals surface area contributed by atoms with Gasteiger partial charge in [-0.3, -0.25) is 4.72 Å². The van der Waals surface area contributed by atoms with Crippen LogP contribution in [-0.4, -0.2) is 16.8 Å². The summed E-state index contributed by atoms with van der Waals surface area (Å²) in [5.41, 5.74) is 2.92. The number of hydrogen-bond donors (Lipinski definition) is 2. The van der Waals surface area contributed by atoms with Gasteiger partial charge in [-0.05, 0) is 58.7 Å². The lowest BCUT2D eigenvalue weighted by Crippen LogP contribution is -2.19. The second-order valence-electron chi connectivity index (χ2n) is 8.17. The summed E-state index contributed by atoms with van der Waals surface area (Å²) in [6, 6.07) is 9.29. The van der Waals surface area contributed by atoms with Crippen molar-refractivity contribution >= 4 is 25.7 Å². The quantitative estimate of drug-likeness (QED) is 0.663. The van der Waals surface area contributed by atoms with Crippen molar-refractivity contribution < 1.29 is 16.8 Å². The molecule has 0 unspecified atom stereocenters. The molecule has 0 heterocycles. The minimum absolute atomic E-state index is 0.0162. The molecule has 29 heavy (non-hydrogen) atoms. The molecule has 0 atom stereocenters. The predicted molar refractivity (Wildman–Crippen MR) is 117 cm³/mol. The first kappa shape index (κ1) is 23.4. The van der Waals surface area contributed by atoms with Crippen LogP contribution >= 0.6 is 0 Å². The molecule has 8 heteroatoms. The monoisotopic (exact) mass is 438 g/mol. The third-order valence-corrected chi connectivity index (χ3v) is 7.23. The van der Waals surface area contributed by atoms with Crippen LogP contribution < -0.4 is 9.86 Å². The van der Waals surface area contributed by atoms with Gasteiger partial charge in [0.15, 0.2) is 0 Å².